The van der Waals surface area contributed by atoms with Crippen LogP contribution in [0.25, 0.3) is 0 Å². The fraction of sp³-hybridized carbons (Fsp3) is 0.875. The third-order valence-electron chi connectivity index (χ3n) is 1.80. The van der Waals surface area contributed by atoms with Gasteiger partial charge in [0, 0.05) is 12.3 Å². The Balaban J connectivity index is 2.21. The molecule has 1 heterocycles. The van der Waals surface area contributed by atoms with Crippen molar-refractivity contribution in [3.05, 3.63) is 0 Å². The number of thioether (sulfide) groups is 1. The lowest BCUT2D eigenvalue weighted by atomic mass is 10.6. The van der Waals surface area contributed by atoms with Crippen molar-refractivity contribution in [3.8, 4) is 0 Å². The molecule has 18 heavy (non-hydrogen) atoms. The topological polar surface area (TPSA) is 64.9 Å². The highest BCUT2D eigenvalue weighted by Gasteiger charge is 2.27. The van der Waals surface area contributed by atoms with E-state index >= 15 is 0 Å². The summed E-state index contributed by atoms with van der Waals surface area (Å²) in [7, 11) is 1.81. The third-order valence-corrected chi connectivity index (χ3v) is 2.72. The monoisotopic (exact) mass is 285 g/mol. The van der Waals surface area contributed by atoms with Gasteiger partial charge in [0.1, 0.15) is 6.61 Å². The summed E-state index contributed by atoms with van der Waals surface area (Å²) < 4.78 is 41.4. The van der Waals surface area contributed by atoms with Gasteiger partial charge in [-0.2, -0.15) is 13.2 Å². The SMILES string of the molecule is CNCCn1nnnc1SCCOCC(F)(F)F. The third kappa shape index (κ3) is 6.17. The highest BCUT2D eigenvalue weighted by atomic mass is 32.2. The molecule has 0 atom stereocenters. The second-order valence-corrected chi connectivity index (χ2v) is 4.37. The van der Waals surface area contributed by atoms with Crippen molar-refractivity contribution in [2.24, 2.45) is 0 Å². The molecule has 0 aliphatic carbocycles. The van der Waals surface area contributed by atoms with Gasteiger partial charge >= 0.3 is 6.18 Å². The van der Waals surface area contributed by atoms with Gasteiger partial charge in [-0.15, -0.1) is 5.10 Å². The summed E-state index contributed by atoms with van der Waals surface area (Å²) in [5.74, 6) is 0.371. The number of ether oxygens (including phenoxy) is 1. The van der Waals surface area contributed by atoms with Crippen LogP contribution in [-0.2, 0) is 11.3 Å². The number of hydrogen-bond donors (Lipinski definition) is 1. The van der Waals surface area contributed by atoms with Gasteiger partial charge in [-0.1, -0.05) is 11.8 Å². The van der Waals surface area contributed by atoms with Crippen molar-refractivity contribution in [3.63, 3.8) is 0 Å². The van der Waals surface area contributed by atoms with E-state index in [1.807, 2.05) is 7.05 Å². The lowest BCUT2D eigenvalue weighted by Gasteiger charge is -2.07. The van der Waals surface area contributed by atoms with E-state index < -0.39 is 12.8 Å². The molecule has 1 rings (SSSR count). The molecule has 10 heteroatoms. The second-order valence-electron chi connectivity index (χ2n) is 3.30. The minimum absolute atomic E-state index is 0.00304. The number of hydrogen-bond acceptors (Lipinski definition) is 6. The smallest absolute Gasteiger partial charge is 0.371 e. The fourth-order valence-electron chi connectivity index (χ4n) is 1.04. The van der Waals surface area contributed by atoms with Gasteiger partial charge in [0.2, 0.25) is 5.16 Å². The number of aromatic nitrogens is 4. The number of rotatable bonds is 8. The van der Waals surface area contributed by atoms with E-state index in [1.54, 1.807) is 4.68 Å². The normalized spacial score (nSPS) is 12.0. The Morgan fingerprint density at radius 2 is 2.22 bits per heavy atom. The van der Waals surface area contributed by atoms with Crippen LogP contribution in [0.1, 0.15) is 0 Å². The summed E-state index contributed by atoms with van der Waals surface area (Å²) in [6.45, 7) is 0.0970. The lowest BCUT2D eigenvalue weighted by molar-refractivity contribution is -0.172. The van der Waals surface area contributed by atoms with E-state index in [1.165, 1.54) is 11.8 Å². The molecule has 0 aliphatic heterocycles. The molecule has 0 saturated carbocycles. The molecule has 1 N–H and O–H groups in total. The number of nitrogens with zero attached hydrogens (tertiary/aromatic N) is 4. The molecule has 0 radical (unpaired) electrons. The zero-order valence-electron chi connectivity index (χ0n) is 9.77. The summed E-state index contributed by atoms with van der Waals surface area (Å²) in [4.78, 5) is 0. The van der Waals surface area contributed by atoms with Crippen LogP contribution >= 0.6 is 11.8 Å². The molecular weight excluding hydrogens is 271 g/mol. The van der Waals surface area contributed by atoms with Gasteiger partial charge < -0.3 is 10.1 Å². The Labute approximate surface area is 106 Å². The van der Waals surface area contributed by atoms with Crippen molar-refractivity contribution in [1.82, 2.24) is 25.5 Å². The van der Waals surface area contributed by atoms with E-state index in [0.29, 0.717) is 24.0 Å². The van der Waals surface area contributed by atoms with Gasteiger partial charge in [-0.05, 0) is 17.5 Å². The van der Waals surface area contributed by atoms with Crippen LogP contribution in [0.2, 0.25) is 0 Å². The van der Waals surface area contributed by atoms with E-state index in [4.69, 9.17) is 0 Å². The predicted octanol–water partition coefficient (Wildman–Crippen LogP) is 0.563. The lowest BCUT2D eigenvalue weighted by Crippen LogP contribution is -2.18. The van der Waals surface area contributed by atoms with Crippen LogP contribution in [0.3, 0.4) is 0 Å². The second kappa shape index (κ2) is 7.54. The van der Waals surface area contributed by atoms with Crippen molar-refractivity contribution in [1.29, 1.82) is 0 Å². The number of tetrazole rings is 1. The Kier molecular flexibility index (Phi) is 6.36. The van der Waals surface area contributed by atoms with Crippen molar-refractivity contribution in [2.75, 3.05) is 32.6 Å². The molecule has 0 fully saturated rings. The molecule has 0 aliphatic rings. The van der Waals surface area contributed by atoms with Gasteiger partial charge in [-0.3, -0.25) is 0 Å². The van der Waals surface area contributed by atoms with Crippen LogP contribution < -0.4 is 5.32 Å². The first kappa shape index (κ1) is 15.2. The standard InChI is InChI=1S/C8H14F3N5OS/c1-12-2-3-16-7(13-14-15-16)18-5-4-17-6-8(9,10)11/h12H,2-6H2,1H3. The number of nitrogens with one attached hydrogen (secondary N) is 1. The predicted molar refractivity (Wildman–Crippen MR) is 59.3 cm³/mol. The molecule has 0 spiro atoms. The maximum absolute atomic E-state index is 11.8. The quantitative estimate of drug-likeness (QED) is 0.556. The van der Waals surface area contributed by atoms with Crippen LogP contribution in [0.15, 0.2) is 5.16 Å². The fourth-order valence-corrected chi connectivity index (χ4v) is 1.79. The molecule has 0 saturated heterocycles. The molecule has 0 bridgehead atoms. The summed E-state index contributed by atoms with van der Waals surface area (Å²) in [5, 5.41) is 14.6. The average Bonchev–Trinajstić information content (AvgIpc) is 2.72. The first-order valence-corrected chi connectivity index (χ1v) is 6.19. The van der Waals surface area contributed by atoms with Crippen LogP contribution in [0.5, 0.6) is 0 Å². The molecule has 104 valence electrons. The molecule has 1 aromatic heterocycles. The van der Waals surface area contributed by atoms with E-state index in [-0.39, 0.29) is 6.61 Å². The van der Waals surface area contributed by atoms with Crippen molar-refractivity contribution >= 4 is 11.8 Å². The largest absolute Gasteiger partial charge is 0.411 e. The summed E-state index contributed by atoms with van der Waals surface area (Å²) in [6.07, 6.45) is -4.28. The van der Waals surface area contributed by atoms with Gasteiger partial charge in [0.15, 0.2) is 0 Å². The Morgan fingerprint density at radius 3 is 2.89 bits per heavy atom. The zero-order valence-corrected chi connectivity index (χ0v) is 10.6. The maximum Gasteiger partial charge on any atom is 0.411 e. The first-order chi connectivity index (χ1) is 8.53. The first-order valence-electron chi connectivity index (χ1n) is 5.21. The Morgan fingerprint density at radius 1 is 1.44 bits per heavy atom. The molecule has 1 aromatic rings. The maximum atomic E-state index is 11.8. The van der Waals surface area contributed by atoms with E-state index in [9.17, 15) is 13.2 Å². The number of halogens is 3. The van der Waals surface area contributed by atoms with Gasteiger partial charge in [0.05, 0.1) is 13.2 Å². The molecule has 0 unspecified atom stereocenters. The molecule has 0 amide bonds. The summed E-state index contributed by atoms with van der Waals surface area (Å²) in [6, 6.07) is 0. The van der Waals surface area contributed by atoms with Crippen LogP contribution in [0, 0.1) is 0 Å². The summed E-state index contributed by atoms with van der Waals surface area (Å²) >= 11 is 1.26. The van der Waals surface area contributed by atoms with Crippen LogP contribution in [-0.4, -0.2) is 58.9 Å². The van der Waals surface area contributed by atoms with Crippen LogP contribution in [0.4, 0.5) is 13.2 Å². The van der Waals surface area contributed by atoms with Gasteiger partial charge in [0.25, 0.3) is 0 Å². The Bertz CT molecular complexity index is 346. The highest BCUT2D eigenvalue weighted by Crippen LogP contribution is 2.16. The minimum atomic E-state index is -4.28. The minimum Gasteiger partial charge on any atom is -0.371 e. The average molecular weight is 285 g/mol. The van der Waals surface area contributed by atoms with Crippen molar-refractivity contribution < 1.29 is 17.9 Å². The van der Waals surface area contributed by atoms with E-state index in [2.05, 4.69) is 25.6 Å². The van der Waals surface area contributed by atoms with Gasteiger partial charge in [-0.25, -0.2) is 4.68 Å². The Hall–Kier alpha value is -0.870. The number of likely N-dealkylation sites (N-methyl/N-ethyl adjacent to an activating group) is 1. The number of alkyl halides is 3. The molecule has 0 aromatic carbocycles. The highest BCUT2D eigenvalue weighted by molar-refractivity contribution is 7.99. The molecular formula is C8H14F3N5OS. The van der Waals surface area contributed by atoms with Crippen molar-refractivity contribution in [2.45, 2.75) is 17.9 Å². The van der Waals surface area contributed by atoms with E-state index in [0.717, 1.165) is 0 Å². The summed E-state index contributed by atoms with van der Waals surface area (Å²) in [5.41, 5.74) is 0. The zero-order chi connectivity index (χ0) is 13.4. The molecule has 6 nitrogen and oxygen atoms in total.